The summed E-state index contributed by atoms with van der Waals surface area (Å²) in [6.07, 6.45) is 2.78. The topological polar surface area (TPSA) is 29.7 Å². The Morgan fingerprint density at radius 2 is 2.04 bits per heavy atom. The van der Waals surface area contributed by atoms with Gasteiger partial charge >= 0.3 is 0 Å². The van der Waals surface area contributed by atoms with Gasteiger partial charge in [-0.25, -0.2) is 9.83 Å². The molecule has 0 bridgehead atoms. The molecule has 0 N–H and O–H groups in total. The summed E-state index contributed by atoms with van der Waals surface area (Å²) in [6.45, 7) is 11.2. The fourth-order valence-electron chi connectivity index (χ4n) is 3.48. The third-order valence-electron chi connectivity index (χ3n) is 4.94. The van der Waals surface area contributed by atoms with Crippen molar-refractivity contribution < 1.29 is 4.74 Å². The Balaban J connectivity index is 1.52. The molecule has 1 aromatic heterocycles. The number of hydrogen-bond acceptors (Lipinski definition) is 3. The maximum Gasteiger partial charge on any atom is 0.213 e. The molecule has 0 unspecified atom stereocenters. The first-order valence-electron chi connectivity index (χ1n) is 9.25. The van der Waals surface area contributed by atoms with E-state index in [1.54, 1.807) is 0 Å². The van der Waals surface area contributed by atoms with Gasteiger partial charge in [0, 0.05) is 35.9 Å². The van der Waals surface area contributed by atoms with Crippen molar-refractivity contribution in [1.82, 2.24) is 4.98 Å². The molecule has 28 heavy (non-hydrogen) atoms. The summed E-state index contributed by atoms with van der Waals surface area (Å²) in [5.41, 5.74) is 4.57. The second-order valence-electron chi connectivity index (χ2n) is 6.94. The zero-order chi connectivity index (χ0) is 19.5. The highest BCUT2D eigenvalue weighted by Gasteiger charge is 2.26. The van der Waals surface area contributed by atoms with Crippen LogP contribution in [0.5, 0.6) is 5.88 Å². The van der Waals surface area contributed by atoms with Crippen LogP contribution in [0.1, 0.15) is 12.0 Å². The Labute approximate surface area is 170 Å². The SMILES string of the molecule is [C-]#[N+]c1cc(-c2ccccc2Cl)ccc1N1CC[C@H](Oc2ccc(C)cn2)C1. The van der Waals surface area contributed by atoms with Gasteiger partial charge in [0.05, 0.1) is 13.1 Å². The Kier molecular flexibility index (Phi) is 5.18. The average Bonchev–Trinajstić information content (AvgIpc) is 3.18. The molecule has 2 aromatic carbocycles. The van der Waals surface area contributed by atoms with E-state index in [1.165, 1.54) is 0 Å². The molecule has 2 heterocycles. The predicted molar refractivity (Wildman–Crippen MR) is 113 cm³/mol. The number of nitrogens with zero attached hydrogens (tertiary/aromatic N) is 3. The number of aryl methyl sites for hydroxylation is 1. The van der Waals surface area contributed by atoms with E-state index in [1.807, 2.05) is 67.7 Å². The predicted octanol–water partition coefficient (Wildman–Crippen LogP) is 5.92. The number of ether oxygens (including phenoxy) is 1. The zero-order valence-electron chi connectivity index (χ0n) is 15.6. The first-order chi connectivity index (χ1) is 13.6. The van der Waals surface area contributed by atoms with E-state index in [9.17, 15) is 0 Å². The van der Waals surface area contributed by atoms with Crippen LogP contribution in [0.2, 0.25) is 5.02 Å². The molecule has 1 aliphatic heterocycles. The Morgan fingerprint density at radius 3 is 2.79 bits per heavy atom. The maximum absolute atomic E-state index is 7.64. The van der Waals surface area contributed by atoms with Gasteiger partial charge < -0.3 is 9.64 Å². The van der Waals surface area contributed by atoms with Crippen LogP contribution in [0, 0.1) is 13.5 Å². The van der Waals surface area contributed by atoms with Crippen molar-refractivity contribution in [3.63, 3.8) is 0 Å². The summed E-state index contributed by atoms with van der Waals surface area (Å²) in [6, 6.07) is 17.6. The molecule has 0 radical (unpaired) electrons. The summed E-state index contributed by atoms with van der Waals surface area (Å²) in [5.74, 6) is 0.650. The van der Waals surface area contributed by atoms with Gasteiger partial charge in [0.2, 0.25) is 11.6 Å². The summed E-state index contributed by atoms with van der Waals surface area (Å²) in [7, 11) is 0. The largest absolute Gasteiger partial charge is 0.472 e. The molecule has 4 rings (SSSR count). The van der Waals surface area contributed by atoms with Crippen molar-refractivity contribution in [2.45, 2.75) is 19.4 Å². The molecule has 1 fully saturated rings. The van der Waals surface area contributed by atoms with Gasteiger partial charge in [-0.1, -0.05) is 41.9 Å². The third-order valence-corrected chi connectivity index (χ3v) is 5.27. The first-order valence-corrected chi connectivity index (χ1v) is 9.62. The van der Waals surface area contributed by atoms with E-state index in [0.29, 0.717) is 16.6 Å². The summed E-state index contributed by atoms with van der Waals surface area (Å²) < 4.78 is 6.02. The molecule has 0 spiro atoms. The highest BCUT2D eigenvalue weighted by atomic mass is 35.5. The van der Waals surface area contributed by atoms with Crippen LogP contribution < -0.4 is 9.64 Å². The van der Waals surface area contributed by atoms with E-state index in [-0.39, 0.29) is 6.10 Å². The van der Waals surface area contributed by atoms with Crippen molar-refractivity contribution in [2.24, 2.45) is 0 Å². The lowest BCUT2D eigenvalue weighted by Gasteiger charge is -2.21. The Hall–Kier alpha value is -3.03. The van der Waals surface area contributed by atoms with Crippen LogP contribution in [0.4, 0.5) is 11.4 Å². The number of benzene rings is 2. The fourth-order valence-corrected chi connectivity index (χ4v) is 3.73. The summed E-state index contributed by atoms with van der Waals surface area (Å²) in [5, 5.41) is 0.686. The zero-order valence-corrected chi connectivity index (χ0v) is 16.4. The number of aromatic nitrogens is 1. The van der Waals surface area contributed by atoms with Gasteiger partial charge in [-0.3, -0.25) is 0 Å². The van der Waals surface area contributed by atoms with Crippen LogP contribution in [0.3, 0.4) is 0 Å². The fraction of sp³-hybridized carbons (Fsp3) is 0.217. The summed E-state index contributed by atoms with van der Waals surface area (Å²) in [4.78, 5) is 10.3. The highest BCUT2D eigenvalue weighted by molar-refractivity contribution is 6.33. The van der Waals surface area contributed by atoms with Gasteiger partial charge in [0.1, 0.15) is 6.10 Å². The normalized spacial score (nSPS) is 16.0. The van der Waals surface area contributed by atoms with E-state index >= 15 is 0 Å². The van der Waals surface area contributed by atoms with Crippen LogP contribution >= 0.6 is 11.6 Å². The molecule has 5 heteroatoms. The van der Waals surface area contributed by atoms with Gasteiger partial charge in [0.15, 0.2) is 0 Å². The molecule has 3 aromatic rings. The van der Waals surface area contributed by atoms with E-state index in [4.69, 9.17) is 22.9 Å². The van der Waals surface area contributed by atoms with E-state index in [0.717, 1.165) is 41.9 Å². The minimum Gasteiger partial charge on any atom is -0.472 e. The minimum atomic E-state index is 0.0667. The van der Waals surface area contributed by atoms with E-state index < -0.39 is 0 Å². The number of pyridine rings is 1. The van der Waals surface area contributed by atoms with Crippen LogP contribution in [-0.4, -0.2) is 24.2 Å². The molecule has 1 aliphatic rings. The number of rotatable bonds is 4. The number of anilines is 1. The molecule has 1 atom stereocenters. The first kappa shape index (κ1) is 18.3. The molecule has 0 aliphatic carbocycles. The molecule has 0 amide bonds. The molecule has 4 nitrogen and oxygen atoms in total. The Bertz CT molecular complexity index is 1030. The van der Waals surface area contributed by atoms with Crippen molar-refractivity contribution >= 4 is 23.0 Å². The van der Waals surface area contributed by atoms with Gasteiger partial charge in [0.25, 0.3) is 0 Å². The second-order valence-corrected chi connectivity index (χ2v) is 7.35. The molecule has 0 saturated carbocycles. The average molecular weight is 390 g/mol. The van der Waals surface area contributed by atoms with Gasteiger partial charge in [-0.2, -0.15) is 0 Å². The Morgan fingerprint density at radius 1 is 1.18 bits per heavy atom. The van der Waals surface area contributed by atoms with Crippen molar-refractivity contribution in [3.05, 3.63) is 82.8 Å². The van der Waals surface area contributed by atoms with Gasteiger partial charge in [-0.05, 0) is 41.8 Å². The lowest BCUT2D eigenvalue weighted by Crippen LogP contribution is -2.24. The minimum absolute atomic E-state index is 0.0667. The van der Waals surface area contributed by atoms with Crippen LogP contribution in [0.15, 0.2) is 60.8 Å². The van der Waals surface area contributed by atoms with Crippen molar-refractivity contribution in [1.29, 1.82) is 0 Å². The monoisotopic (exact) mass is 389 g/mol. The standard InChI is InChI=1S/C23H20ClN3O/c1-16-7-10-23(26-14-16)28-18-11-12-27(15-18)22-9-8-17(13-21(22)25-2)19-5-3-4-6-20(19)24/h3-10,13-14,18H,11-12,15H2,1H3/t18-/m0/s1. The van der Waals surface area contributed by atoms with E-state index in [2.05, 4.69) is 14.7 Å². The third kappa shape index (κ3) is 3.81. The van der Waals surface area contributed by atoms with Crippen LogP contribution in [0.25, 0.3) is 16.0 Å². The molecular weight excluding hydrogens is 370 g/mol. The number of halogens is 1. The summed E-state index contributed by atoms with van der Waals surface area (Å²) >= 11 is 6.32. The van der Waals surface area contributed by atoms with Crippen molar-refractivity contribution in [3.8, 4) is 17.0 Å². The second kappa shape index (κ2) is 7.92. The lowest BCUT2D eigenvalue weighted by molar-refractivity contribution is 0.216. The molecule has 1 saturated heterocycles. The highest BCUT2D eigenvalue weighted by Crippen LogP contribution is 2.37. The number of hydrogen-bond donors (Lipinski definition) is 0. The van der Waals surface area contributed by atoms with Crippen LogP contribution in [-0.2, 0) is 0 Å². The smallest absolute Gasteiger partial charge is 0.213 e. The quantitative estimate of drug-likeness (QED) is 0.519. The molecule has 140 valence electrons. The lowest BCUT2D eigenvalue weighted by atomic mass is 10.0. The van der Waals surface area contributed by atoms with Crippen molar-refractivity contribution in [2.75, 3.05) is 18.0 Å². The molecular formula is C23H20ClN3O. The van der Waals surface area contributed by atoms with Gasteiger partial charge in [-0.15, -0.1) is 0 Å². The maximum atomic E-state index is 7.64.